The predicted molar refractivity (Wildman–Crippen MR) is 107 cm³/mol. The van der Waals surface area contributed by atoms with E-state index in [1.54, 1.807) is 13.8 Å². The molecule has 0 saturated carbocycles. The van der Waals surface area contributed by atoms with E-state index in [0.717, 1.165) is 22.3 Å². The van der Waals surface area contributed by atoms with Crippen LogP contribution in [-0.2, 0) is 21.4 Å². The lowest BCUT2D eigenvalue weighted by atomic mass is 10.1. The summed E-state index contributed by atoms with van der Waals surface area (Å²) < 4.78 is 42.2. The van der Waals surface area contributed by atoms with Gasteiger partial charge < -0.3 is 5.32 Å². The van der Waals surface area contributed by atoms with Crippen molar-refractivity contribution in [3.63, 3.8) is 0 Å². The third-order valence-corrected chi connectivity index (χ3v) is 6.62. The minimum absolute atomic E-state index is 0.183. The minimum Gasteiger partial charge on any atom is -0.348 e. The predicted octanol–water partition coefficient (Wildman–Crippen LogP) is 3.05. The molecule has 3 rings (SSSR count). The average Bonchev–Trinajstić information content (AvgIpc) is 3.07. The summed E-state index contributed by atoms with van der Waals surface area (Å²) >= 11 is 1.46. The van der Waals surface area contributed by atoms with Crippen LogP contribution in [0.4, 0.5) is 4.39 Å². The summed E-state index contributed by atoms with van der Waals surface area (Å²) in [7, 11) is -4.18. The molecule has 1 amide bonds. The average molecular weight is 422 g/mol. The zero-order valence-electron chi connectivity index (χ0n) is 15.3. The molecule has 148 valence electrons. The summed E-state index contributed by atoms with van der Waals surface area (Å²) in [6, 6.07) is 11.6. The Balaban J connectivity index is 1.72. The number of nitrogens with zero attached hydrogens (tertiary/aromatic N) is 1. The number of nitrogens with one attached hydrogen (secondary N) is 2. The van der Waals surface area contributed by atoms with Gasteiger partial charge in [0.15, 0.2) is 0 Å². The lowest BCUT2D eigenvalue weighted by Gasteiger charge is -2.21. The fourth-order valence-electron chi connectivity index (χ4n) is 2.65. The molecule has 1 atom stereocenters. The van der Waals surface area contributed by atoms with Gasteiger partial charge >= 0.3 is 0 Å². The minimum atomic E-state index is -4.18. The zero-order valence-corrected chi connectivity index (χ0v) is 17.0. The Morgan fingerprint density at radius 3 is 2.50 bits per heavy atom. The normalized spacial score (nSPS) is 13.0. The number of fused-ring (bicyclic) bond motifs is 1. The van der Waals surface area contributed by atoms with Crippen molar-refractivity contribution in [1.29, 1.82) is 0 Å². The second kappa shape index (κ2) is 8.34. The molecule has 0 aliphatic carbocycles. The lowest BCUT2D eigenvalue weighted by Crippen LogP contribution is -2.49. The monoisotopic (exact) mass is 421 g/mol. The van der Waals surface area contributed by atoms with Gasteiger partial charge in [-0.05, 0) is 30.2 Å². The first-order valence-electron chi connectivity index (χ1n) is 8.67. The van der Waals surface area contributed by atoms with Crippen LogP contribution in [0.25, 0.3) is 10.2 Å². The van der Waals surface area contributed by atoms with Crippen LogP contribution in [0, 0.1) is 11.7 Å². The van der Waals surface area contributed by atoms with E-state index >= 15 is 0 Å². The van der Waals surface area contributed by atoms with Gasteiger partial charge in [-0.15, -0.1) is 11.3 Å². The maximum Gasteiger partial charge on any atom is 0.244 e. The molecule has 0 fully saturated rings. The van der Waals surface area contributed by atoms with Gasteiger partial charge in [0.25, 0.3) is 0 Å². The molecule has 2 N–H and O–H groups in total. The molecule has 0 aliphatic rings. The van der Waals surface area contributed by atoms with Crippen LogP contribution < -0.4 is 10.0 Å². The van der Waals surface area contributed by atoms with E-state index in [0.29, 0.717) is 5.01 Å². The van der Waals surface area contributed by atoms with E-state index in [-0.39, 0.29) is 12.5 Å². The Kier molecular flexibility index (Phi) is 6.07. The Labute approximate surface area is 166 Å². The smallest absolute Gasteiger partial charge is 0.244 e. The molecule has 1 aromatic heterocycles. The number of benzene rings is 2. The maximum absolute atomic E-state index is 13.9. The van der Waals surface area contributed by atoms with Crippen LogP contribution in [0.1, 0.15) is 18.9 Å². The Morgan fingerprint density at radius 1 is 1.14 bits per heavy atom. The summed E-state index contributed by atoms with van der Waals surface area (Å²) in [5.74, 6) is -1.70. The first kappa shape index (κ1) is 20.4. The number of hydrogen-bond acceptors (Lipinski definition) is 5. The number of para-hydroxylation sites is 1. The molecule has 0 aliphatic heterocycles. The van der Waals surface area contributed by atoms with Crippen molar-refractivity contribution in [2.24, 2.45) is 5.92 Å². The van der Waals surface area contributed by atoms with Crippen molar-refractivity contribution in [2.45, 2.75) is 31.3 Å². The fraction of sp³-hybridized carbons (Fsp3) is 0.263. The first-order chi connectivity index (χ1) is 13.3. The highest BCUT2D eigenvalue weighted by Gasteiger charge is 2.29. The van der Waals surface area contributed by atoms with Crippen molar-refractivity contribution in [2.75, 3.05) is 0 Å². The highest BCUT2D eigenvalue weighted by atomic mass is 32.2. The van der Waals surface area contributed by atoms with E-state index in [1.165, 1.54) is 23.5 Å². The second-order valence-corrected chi connectivity index (χ2v) is 9.36. The largest absolute Gasteiger partial charge is 0.348 e. The molecule has 0 spiro atoms. The summed E-state index contributed by atoms with van der Waals surface area (Å²) in [6.07, 6.45) is 0. The maximum atomic E-state index is 13.9. The highest BCUT2D eigenvalue weighted by Crippen LogP contribution is 2.21. The molecule has 0 radical (unpaired) electrons. The van der Waals surface area contributed by atoms with Crippen molar-refractivity contribution in [3.8, 4) is 0 Å². The number of amides is 1. The van der Waals surface area contributed by atoms with Gasteiger partial charge in [-0.25, -0.2) is 17.8 Å². The summed E-state index contributed by atoms with van der Waals surface area (Å²) in [6.45, 7) is 3.61. The highest BCUT2D eigenvalue weighted by molar-refractivity contribution is 7.89. The van der Waals surface area contributed by atoms with Crippen LogP contribution >= 0.6 is 11.3 Å². The van der Waals surface area contributed by atoms with Gasteiger partial charge in [0, 0.05) is 0 Å². The van der Waals surface area contributed by atoms with Crippen LogP contribution in [0.2, 0.25) is 0 Å². The van der Waals surface area contributed by atoms with Gasteiger partial charge in [-0.3, -0.25) is 4.79 Å². The topological polar surface area (TPSA) is 88.2 Å². The SMILES string of the molecule is CC(C)[C@H](NS(=O)(=O)c1ccccc1F)C(=O)NCc1nc2ccccc2s1. The van der Waals surface area contributed by atoms with Crippen LogP contribution in [-0.4, -0.2) is 25.4 Å². The third kappa shape index (κ3) is 4.54. The molecule has 0 saturated heterocycles. The fourth-order valence-corrected chi connectivity index (χ4v) is 4.98. The number of rotatable bonds is 7. The number of halogens is 1. The lowest BCUT2D eigenvalue weighted by molar-refractivity contribution is -0.123. The van der Waals surface area contributed by atoms with Crippen molar-refractivity contribution >= 4 is 37.5 Å². The van der Waals surface area contributed by atoms with Crippen molar-refractivity contribution in [1.82, 2.24) is 15.0 Å². The van der Waals surface area contributed by atoms with Gasteiger partial charge in [-0.2, -0.15) is 4.72 Å². The second-order valence-electron chi connectivity index (χ2n) is 6.57. The van der Waals surface area contributed by atoms with E-state index in [1.807, 2.05) is 24.3 Å². The number of hydrogen-bond donors (Lipinski definition) is 2. The standard InChI is InChI=1S/C19H20FN3O3S2/c1-12(2)18(23-28(25,26)16-10-6-3-7-13(16)20)19(24)21-11-17-22-14-8-4-5-9-15(14)27-17/h3-10,12,18,23H,11H2,1-2H3,(H,21,24)/t18-/m0/s1. The number of thiazole rings is 1. The van der Waals surface area contributed by atoms with Gasteiger partial charge in [0.1, 0.15) is 21.8 Å². The van der Waals surface area contributed by atoms with Gasteiger partial charge in [0.2, 0.25) is 15.9 Å². The van der Waals surface area contributed by atoms with E-state index < -0.39 is 32.7 Å². The van der Waals surface area contributed by atoms with Crippen LogP contribution in [0.3, 0.4) is 0 Å². The van der Waals surface area contributed by atoms with E-state index in [4.69, 9.17) is 0 Å². The number of carbonyl (C=O) groups excluding carboxylic acids is 1. The molecular formula is C19H20FN3O3S2. The Morgan fingerprint density at radius 2 is 1.82 bits per heavy atom. The molecule has 6 nitrogen and oxygen atoms in total. The molecule has 9 heteroatoms. The Hall–Kier alpha value is -2.36. The van der Waals surface area contributed by atoms with Gasteiger partial charge in [-0.1, -0.05) is 38.1 Å². The van der Waals surface area contributed by atoms with E-state index in [9.17, 15) is 17.6 Å². The molecular weight excluding hydrogens is 401 g/mol. The summed E-state index contributed by atoms with van der Waals surface area (Å²) in [5.41, 5.74) is 0.845. The molecule has 3 aromatic rings. The molecule has 0 unspecified atom stereocenters. The number of aromatic nitrogens is 1. The third-order valence-electron chi connectivity index (χ3n) is 4.11. The number of carbonyl (C=O) groups is 1. The molecule has 1 heterocycles. The summed E-state index contributed by atoms with van der Waals surface area (Å²) in [5, 5.41) is 3.43. The first-order valence-corrected chi connectivity index (χ1v) is 11.0. The van der Waals surface area contributed by atoms with Crippen LogP contribution in [0.15, 0.2) is 53.4 Å². The molecule has 2 aromatic carbocycles. The molecule has 0 bridgehead atoms. The zero-order chi connectivity index (χ0) is 20.3. The number of sulfonamides is 1. The van der Waals surface area contributed by atoms with Crippen LogP contribution in [0.5, 0.6) is 0 Å². The van der Waals surface area contributed by atoms with Crippen molar-refractivity contribution < 1.29 is 17.6 Å². The van der Waals surface area contributed by atoms with Crippen molar-refractivity contribution in [3.05, 3.63) is 59.4 Å². The van der Waals surface area contributed by atoms with E-state index in [2.05, 4.69) is 15.0 Å². The quantitative estimate of drug-likeness (QED) is 0.614. The Bertz CT molecular complexity index is 1060. The summed E-state index contributed by atoms with van der Waals surface area (Å²) in [4.78, 5) is 16.6. The molecule has 28 heavy (non-hydrogen) atoms. The van der Waals surface area contributed by atoms with Gasteiger partial charge in [0.05, 0.1) is 16.8 Å².